The lowest BCUT2D eigenvalue weighted by Gasteiger charge is -2.05. The Balaban J connectivity index is 2.11. The summed E-state index contributed by atoms with van der Waals surface area (Å²) in [5.41, 5.74) is 2.43. The Bertz CT molecular complexity index is 734. The summed E-state index contributed by atoms with van der Waals surface area (Å²) in [6.07, 6.45) is 4.32. The van der Waals surface area contributed by atoms with Gasteiger partial charge in [-0.15, -0.1) is 0 Å². The van der Waals surface area contributed by atoms with E-state index in [9.17, 15) is 4.79 Å². The molecule has 2 aromatic heterocycles. The van der Waals surface area contributed by atoms with Gasteiger partial charge in [-0.1, -0.05) is 0 Å². The molecule has 1 aromatic carbocycles. The van der Waals surface area contributed by atoms with E-state index in [1.807, 2.05) is 47.2 Å². The van der Waals surface area contributed by atoms with Crippen molar-refractivity contribution in [2.75, 3.05) is 0 Å². The monoisotopic (exact) mass is 269 g/mol. The topological polar surface area (TPSA) is 60.9 Å². The second kappa shape index (κ2) is 4.87. The third kappa shape index (κ3) is 2.14. The van der Waals surface area contributed by atoms with Gasteiger partial charge in [-0.25, -0.2) is 4.98 Å². The number of nitrogens with two attached hydrogens (primary N) is 1. The average Bonchev–Trinajstić information content (AvgIpc) is 2.90. The first-order valence-electron chi connectivity index (χ1n) is 5.71. The predicted molar refractivity (Wildman–Crippen MR) is 76.5 cm³/mol. The largest absolute Gasteiger partial charge is 0.301 e. The molecule has 3 aromatic rings. The standard InChI is InChI=1S/C14H11N3OS/c15-19-13-3-1-12(2-4-13)17-6-5-11-7-10(9-18)8-16-14(11)17/h1-9H,15H2. The Morgan fingerprint density at radius 3 is 2.68 bits per heavy atom. The number of hydrogen-bond acceptors (Lipinski definition) is 4. The Labute approximate surface area is 114 Å². The number of carbonyl (C=O) groups is 1. The molecule has 19 heavy (non-hydrogen) atoms. The van der Waals surface area contributed by atoms with Crippen molar-refractivity contribution < 1.29 is 4.79 Å². The molecule has 0 radical (unpaired) electrons. The fraction of sp³-hybridized carbons (Fsp3) is 0. The molecule has 0 amide bonds. The highest BCUT2D eigenvalue weighted by molar-refractivity contribution is 7.97. The van der Waals surface area contributed by atoms with E-state index in [1.54, 1.807) is 6.20 Å². The van der Waals surface area contributed by atoms with E-state index >= 15 is 0 Å². The Kier molecular flexibility index (Phi) is 3.06. The zero-order chi connectivity index (χ0) is 13.2. The van der Waals surface area contributed by atoms with Gasteiger partial charge in [0.25, 0.3) is 0 Å². The highest BCUT2D eigenvalue weighted by Crippen LogP contribution is 2.21. The minimum absolute atomic E-state index is 0.583. The Morgan fingerprint density at radius 1 is 1.21 bits per heavy atom. The minimum Gasteiger partial charge on any atom is -0.301 e. The highest BCUT2D eigenvalue weighted by atomic mass is 32.2. The van der Waals surface area contributed by atoms with Crippen LogP contribution in [0.1, 0.15) is 10.4 Å². The summed E-state index contributed by atoms with van der Waals surface area (Å²) in [6.45, 7) is 0. The van der Waals surface area contributed by atoms with Gasteiger partial charge in [0.2, 0.25) is 0 Å². The molecule has 0 aliphatic rings. The molecule has 0 saturated carbocycles. The van der Waals surface area contributed by atoms with Crippen LogP contribution in [0.5, 0.6) is 0 Å². The average molecular weight is 269 g/mol. The first-order chi connectivity index (χ1) is 9.31. The minimum atomic E-state index is 0.583. The number of rotatable bonds is 3. The first-order valence-corrected chi connectivity index (χ1v) is 6.59. The molecule has 5 heteroatoms. The second-order valence-electron chi connectivity index (χ2n) is 4.10. The van der Waals surface area contributed by atoms with Crippen LogP contribution < -0.4 is 5.14 Å². The smallest absolute Gasteiger partial charge is 0.151 e. The summed E-state index contributed by atoms with van der Waals surface area (Å²) >= 11 is 1.22. The molecule has 0 bridgehead atoms. The Hall–Kier alpha value is -2.11. The van der Waals surface area contributed by atoms with Gasteiger partial charge < -0.3 is 4.57 Å². The van der Waals surface area contributed by atoms with Gasteiger partial charge in [-0.3, -0.25) is 9.93 Å². The van der Waals surface area contributed by atoms with Crippen LogP contribution in [0, 0.1) is 0 Å². The summed E-state index contributed by atoms with van der Waals surface area (Å²) in [6, 6.07) is 11.7. The number of fused-ring (bicyclic) bond motifs is 1. The van der Waals surface area contributed by atoms with E-state index in [2.05, 4.69) is 4.98 Å². The van der Waals surface area contributed by atoms with E-state index in [-0.39, 0.29) is 0 Å². The van der Waals surface area contributed by atoms with Crippen LogP contribution in [-0.4, -0.2) is 15.8 Å². The molecular formula is C14H11N3OS. The molecule has 0 atom stereocenters. The van der Waals surface area contributed by atoms with Crippen LogP contribution in [0.2, 0.25) is 0 Å². The Morgan fingerprint density at radius 2 is 2.00 bits per heavy atom. The van der Waals surface area contributed by atoms with Crippen molar-refractivity contribution in [2.24, 2.45) is 5.14 Å². The van der Waals surface area contributed by atoms with Crippen LogP contribution in [0.3, 0.4) is 0 Å². The molecule has 0 fully saturated rings. The van der Waals surface area contributed by atoms with E-state index in [0.29, 0.717) is 5.56 Å². The van der Waals surface area contributed by atoms with Crippen LogP contribution in [0.4, 0.5) is 0 Å². The van der Waals surface area contributed by atoms with Crippen molar-refractivity contribution in [1.29, 1.82) is 0 Å². The summed E-state index contributed by atoms with van der Waals surface area (Å²) in [5, 5.41) is 6.45. The maximum Gasteiger partial charge on any atom is 0.151 e. The van der Waals surface area contributed by atoms with Crippen molar-refractivity contribution in [2.45, 2.75) is 4.90 Å². The molecule has 0 unspecified atom stereocenters. The second-order valence-corrected chi connectivity index (χ2v) is 4.80. The van der Waals surface area contributed by atoms with Crippen LogP contribution in [-0.2, 0) is 0 Å². The SMILES string of the molecule is NSc1ccc(-n2ccc3cc(C=O)cnc32)cc1. The van der Waals surface area contributed by atoms with E-state index in [0.717, 1.165) is 27.9 Å². The number of nitrogens with zero attached hydrogens (tertiary/aromatic N) is 2. The van der Waals surface area contributed by atoms with Crippen molar-refractivity contribution in [3.63, 3.8) is 0 Å². The molecular weight excluding hydrogens is 258 g/mol. The first kappa shape index (κ1) is 12.0. The van der Waals surface area contributed by atoms with Crippen LogP contribution in [0.25, 0.3) is 16.7 Å². The van der Waals surface area contributed by atoms with E-state index in [1.165, 1.54) is 11.9 Å². The lowest BCUT2D eigenvalue weighted by Crippen LogP contribution is -1.94. The highest BCUT2D eigenvalue weighted by Gasteiger charge is 2.05. The molecule has 0 aliphatic carbocycles. The summed E-state index contributed by atoms with van der Waals surface area (Å²) < 4.78 is 1.98. The number of carbonyl (C=O) groups excluding carboxylic acids is 1. The maximum atomic E-state index is 10.7. The normalized spacial score (nSPS) is 10.8. The van der Waals surface area contributed by atoms with Gasteiger partial charge in [0.15, 0.2) is 6.29 Å². The molecule has 0 saturated heterocycles. The van der Waals surface area contributed by atoms with Gasteiger partial charge in [0.1, 0.15) is 5.65 Å². The molecule has 2 heterocycles. The molecule has 3 rings (SSSR count). The predicted octanol–water partition coefficient (Wildman–Crippen LogP) is 2.80. The summed E-state index contributed by atoms with van der Waals surface area (Å²) in [7, 11) is 0. The van der Waals surface area contributed by atoms with Crippen molar-refractivity contribution in [3.8, 4) is 5.69 Å². The molecule has 4 nitrogen and oxygen atoms in total. The number of benzene rings is 1. The van der Waals surface area contributed by atoms with Crippen molar-refractivity contribution >= 4 is 29.3 Å². The van der Waals surface area contributed by atoms with Crippen LogP contribution >= 0.6 is 11.9 Å². The number of pyridine rings is 1. The quantitative estimate of drug-likeness (QED) is 0.586. The third-order valence-corrected chi connectivity index (χ3v) is 3.48. The third-order valence-electron chi connectivity index (χ3n) is 2.93. The lowest BCUT2D eigenvalue weighted by molar-refractivity contribution is 0.112. The van der Waals surface area contributed by atoms with Crippen LogP contribution in [0.15, 0.2) is 53.7 Å². The molecule has 94 valence electrons. The van der Waals surface area contributed by atoms with E-state index in [4.69, 9.17) is 5.14 Å². The molecule has 2 N–H and O–H groups in total. The fourth-order valence-electron chi connectivity index (χ4n) is 2.00. The molecule has 0 aliphatic heterocycles. The number of aldehydes is 1. The van der Waals surface area contributed by atoms with Crippen molar-refractivity contribution in [3.05, 3.63) is 54.4 Å². The van der Waals surface area contributed by atoms with Gasteiger partial charge in [0, 0.05) is 33.9 Å². The summed E-state index contributed by atoms with van der Waals surface area (Å²) in [5.74, 6) is 0. The van der Waals surface area contributed by atoms with Gasteiger partial charge in [0.05, 0.1) is 0 Å². The van der Waals surface area contributed by atoms with E-state index < -0.39 is 0 Å². The number of hydrogen-bond donors (Lipinski definition) is 1. The lowest BCUT2D eigenvalue weighted by atomic mass is 10.2. The fourth-order valence-corrected chi connectivity index (χ4v) is 2.29. The maximum absolute atomic E-state index is 10.7. The van der Waals surface area contributed by atoms with Gasteiger partial charge >= 0.3 is 0 Å². The van der Waals surface area contributed by atoms with Gasteiger partial charge in [-0.2, -0.15) is 0 Å². The summed E-state index contributed by atoms with van der Waals surface area (Å²) in [4.78, 5) is 16.1. The molecule has 0 spiro atoms. The van der Waals surface area contributed by atoms with Crippen molar-refractivity contribution in [1.82, 2.24) is 9.55 Å². The van der Waals surface area contributed by atoms with Gasteiger partial charge in [-0.05, 0) is 48.3 Å². The number of aromatic nitrogens is 2. The zero-order valence-electron chi connectivity index (χ0n) is 9.98. The zero-order valence-corrected chi connectivity index (χ0v) is 10.8.